The van der Waals surface area contributed by atoms with Gasteiger partial charge in [-0.2, -0.15) is 0 Å². The average molecular weight is 333 g/mol. The highest BCUT2D eigenvalue weighted by Gasteiger charge is 2.33. The van der Waals surface area contributed by atoms with Crippen LogP contribution in [0.2, 0.25) is 0 Å². The molecule has 0 fully saturated rings. The zero-order valence-corrected chi connectivity index (χ0v) is 13.1. The predicted octanol–water partition coefficient (Wildman–Crippen LogP) is 2.62. The van der Waals surface area contributed by atoms with Gasteiger partial charge in [0.25, 0.3) is 0 Å². The lowest BCUT2D eigenvalue weighted by atomic mass is 9.82. The summed E-state index contributed by atoms with van der Waals surface area (Å²) >= 11 is 0. The first-order chi connectivity index (χ1) is 11.4. The number of benzene rings is 2. The Labute approximate surface area is 137 Å². The number of hydrogen-bond donors (Lipinski definition) is 2. The number of carboxylic acid groups (broad SMARTS) is 1. The summed E-state index contributed by atoms with van der Waals surface area (Å²) in [5, 5.41) is 9.38. The molecule has 3 rings (SSSR count). The molecule has 2 atom stereocenters. The Balaban J connectivity index is 2.23. The van der Waals surface area contributed by atoms with Crippen LogP contribution in [0.3, 0.4) is 0 Å². The van der Waals surface area contributed by atoms with Crippen LogP contribution in [0.5, 0.6) is 5.75 Å². The molecule has 2 aromatic carbocycles. The van der Waals surface area contributed by atoms with Gasteiger partial charge in [0.15, 0.2) is 11.6 Å². The monoisotopic (exact) mass is 333 g/mol. The van der Waals surface area contributed by atoms with E-state index in [0.717, 1.165) is 17.7 Å². The van der Waals surface area contributed by atoms with Gasteiger partial charge in [-0.15, -0.1) is 0 Å². The van der Waals surface area contributed by atoms with Crippen LogP contribution in [-0.4, -0.2) is 24.2 Å². The molecule has 2 unspecified atom stereocenters. The van der Waals surface area contributed by atoms with Crippen molar-refractivity contribution in [2.75, 3.05) is 7.11 Å². The largest absolute Gasteiger partial charge is 0.497 e. The molecule has 1 aliphatic carbocycles. The Bertz CT molecular complexity index is 807. The highest BCUT2D eigenvalue weighted by atomic mass is 19.2. The first-order valence-electron chi connectivity index (χ1n) is 7.55. The number of methoxy groups -OCH3 is 1. The summed E-state index contributed by atoms with van der Waals surface area (Å²) in [4.78, 5) is 11.5. The van der Waals surface area contributed by atoms with Crippen LogP contribution in [0.4, 0.5) is 8.78 Å². The minimum atomic E-state index is -1.26. The molecule has 0 aliphatic heterocycles. The molecule has 1 aliphatic rings. The topological polar surface area (TPSA) is 72.5 Å². The fourth-order valence-corrected chi connectivity index (χ4v) is 3.30. The van der Waals surface area contributed by atoms with Crippen molar-refractivity contribution in [3.63, 3.8) is 0 Å². The van der Waals surface area contributed by atoms with Crippen molar-refractivity contribution in [2.24, 2.45) is 5.73 Å². The summed E-state index contributed by atoms with van der Waals surface area (Å²) in [7, 11) is 1.54. The molecule has 0 radical (unpaired) electrons. The summed E-state index contributed by atoms with van der Waals surface area (Å²) in [6.07, 6.45) is 1.03. The number of nitrogens with two attached hydrogens (primary N) is 1. The number of aryl methyl sites for hydroxylation is 2. The standard InChI is InChI=1S/C18H17F2NO3/c1-24-11-4-5-12-9(6-11)2-3-10-7-14(19)15(20)8-13(10)16(12)17(21)18(22)23/h4-8,16-17H,2-3,21H2,1H3,(H,22,23). The van der Waals surface area contributed by atoms with Gasteiger partial charge < -0.3 is 15.6 Å². The average Bonchev–Trinajstić information content (AvgIpc) is 2.71. The second kappa shape index (κ2) is 6.20. The molecule has 0 spiro atoms. The fourth-order valence-electron chi connectivity index (χ4n) is 3.30. The number of fused-ring (bicyclic) bond motifs is 2. The van der Waals surface area contributed by atoms with Crippen LogP contribution < -0.4 is 10.5 Å². The highest BCUT2D eigenvalue weighted by molar-refractivity contribution is 5.76. The maximum Gasteiger partial charge on any atom is 0.321 e. The van der Waals surface area contributed by atoms with E-state index in [2.05, 4.69) is 0 Å². The van der Waals surface area contributed by atoms with Gasteiger partial charge in [0.05, 0.1) is 7.11 Å². The van der Waals surface area contributed by atoms with Gasteiger partial charge in [0, 0.05) is 5.92 Å². The molecule has 24 heavy (non-hydrogen) atoms. The second-order valence-electron chi connectivity index (χ2n) is 5.87. The number of aliphatic carboxylic acids is 1. The Hall–Kier alpha value is -2.47. The van der Waals surface area contributed by atoms with E-state index in [-0.39, 0.29) is 0 Å². The Morgan fingerprint density at radius 1 is 1.17 bits per heavy atom. The molecular formula is C18H17F2NO3. The van der Waals surface area contributed by atoms with E-state index >= 15 is 0 Å². The third-order valence-electron chi connectivity index (χ3n) is 4.51. The molecule has 6 heteroatoms. The molecular weight excluding hydrogens is 316 g/mol. The Morgan fingerprint density at radius 2 is 1.79 bits per heavy atom. The van der Waals surface area contributed by atoms with Crippen LogP contribution in [-0.2, 0) is 17.6 Å². The van der Waals surface area contributed by atoms with E-state index in [4.69, 9.17) is 10.5 Å². The van der Waals surface area contributed by atoms with Crippen LogP contribution in [0.25, 0.3) is 0 Å². The van der Waals surface area contributed by atoms with Gasteiger partial charge in [0.1, 0.15) is 11.8 Å². The number of ether oxygens (including phenoxy) is 1. The molecule has 126 valence electrons. The SMILES string of the molecule is COc1ccc2c(c1)CCc1cc(F)c(F)cc1C2C(N)C(=O)O. The van der Waals surface area contributed by atoms with Crippen molar-refractivity contribution in [1.29, 1.82) is 0 Å². The normalized spacial score (nSPS) is 17.4. The molecule has 4 nitrogen and oxygen atoms in total. The summed E-state index contributed by atoms with van der Waals surface area (Å²) in [5.41, 5.74) is 8.47. The smallest absolute Gasteiger partial charge is 0.321 e. The fraction of sp³-hybridized carbons (Fsp3) is 0.278. The summed E-state index contributed by atoms with van der Waals surface area (Å²) < 4.78 is 32.6. The van der Waals surface area contributed by atoms with Gasteiger partial charge in [-0.25, -0.2) is 8.78 Å². The van der Waals surface area contributed by atoms with E-state index in [1.165, 1.54) is 0 Å². The van der Waals surface area contributed by atoms with Gasteiger partial charge in [-0.05, 0) is 59.4 Å². The van der Waals surface area contributed by atoms with Crippen LogP contribution in [0.1, 0.15) is 28.2 Å². The van der Waals surface area contributed by atoms with E-state index in [1.54, 1.807) is 19.2 Å². The second-order valence-corrected chi connectivity index (χ2v) is 5.87. The maximum atomic E-state index is 13.8. The molecule has 3 N–H and O–H groups in total. The van der Waals surface area contributed by atoms with E-state index in [1.807, 2.05) is 6.07 Å². The summed E-state index contributed by atoms with van der Waals surface area (Å²) in [6, 6.07) is 6.21. The minimum Gasteiger partial charge on any atom is -0.497 e. The van der Waals surface area contributed by atoms with Crippen molar-refractivity contribution < 1.29 is 23.4 Å². The summed E-state index contributed by atoms with van der Waals surface area (Å²) in [5.74, 6) is -3.26. The van der Waals surface area contributed by atoms with Crippen LogP contribution in [0, 0.1) is 11.6 Å². The molecule has 0 amide bonds. The van der Waals surface area contributed by atoms with Crippen molar-refractivity contribution in [2.45, 2.75) is 24.8 Å². The molecule has 2 aromatic rings. The first kappa shape index (κ1) is 16.4. The minimum absolute atomic E-state index is 0.424. The zero-order chi connectivity index (χ0) is 17.4. The van der Waals surface area contributed by atoms with Gasteiger partial charge in [-0.1, -0.05) is 6.07 Å². The first-order valence-corrected chi connectivity index (χ1v) is 7.55. The third-order valence-corrected chi connectivity index (χ3v) is 4.51. The molecule has 0 saturated carbocycles. The molecule has 0 heterocycles. The van der Waals surface area contributed by atoms with Crippen molar-refractivity contribution in [3.05, 3.63) is 64.2 Å². The van der Waals surface area contributed by atoms with Crippen molar-refractivity contribution >= 4 is 5.97 Å². The number of halogens is 2. The van der Waals surface area contributed by atoms with Crippen molar-refractivity contribution in [1.82, 2.24) is 0 Å². The highest BCUT2D eigenvalue weighted by Crippen LogP contribution is 2.38. The Morgan fingerprint density at radius 3 is 2.42 bits per heavy atom. The van der Waals surface area contributed by atoms with E-state index in [0.29, 0.717) is 35.3 Å². The van der Waals surface area contributed by atoms with E-state index in [9.17, 15) is 18.7 Å². The van der Waals surface area contributed by atoms with E-state index < -0.39 is 29.6 Å². The van der Waals surface area contributed by atoms with Gasteiger partial charge in [0.2, 0.25) is 0 Å². The predicted molar refractivity (Wildman–Crippen MR) is 84.2 cm³/mol. The van der Waals surface area contributed by atoms with Gasteiger partial charge >= 0.3 is 5.97 Å². The molecule has 0 bridgehead atoms. The Kier molecular flexibility index (Phi) is 4.24. The number of rotatable bonds is 3. The number of carbonyl (C=O) groups is 1. The van der Waals surface area contributed by atoms with Crippen LogP contribution in [0.15, 0.2) is 30.3 Å². The van der Waals surface area contributed by atoms with Gasteiger partial charge in [-0.3, -0.25) is 4.79 Å². The quantitative estimate of drug-likeness (QED) is 0.906. The lowest BCUT2D eigenvalue weighted by Gasteiger charge is -2.24. The zero-order valence-electron chi connectivity index (χ0n) is 13.1. The lowest BCUT2D eigenvalue weighted by molar-refractivity contribution is -0.138. The number of hydrogen-bond acceptors (Lipinski definition) is 3. The van der Waals surface area contributed by atoms with Crippen LogP contribution >= 0.6 is 0 Å². The van der Waals surface area contributed by atoms with Crippen molar-refractivity contribution in [3.8, 4) is 5.75 Å². The number of carboxylic acids is 1. The third kappa shape index (κ3) is 2.73. The molecule has 0 saturated heterocycles. The maximum absolute atomic E-state index is 13.8. The lowest BCUT2D eigenvalue weighted by Crippen LogP contribution is -2.37. The molecule has 0 aromatic heterocycles. The summed E-state index contributed by atoms with van der Waals surface area (Å²) in [6.45, 7) is 0.